The van der Waals surface area contributed by atoms with Crippen molar-refractivity contribution in [3.05, 3.63) is 65.2 Å². The smallest absolute Gasteiger partial charge is 0.407 e. The summed E-state index contributed by atoms with van der Waals surface area (Å²) in [5.41, 5.74) is 1.20. The van der Waals surface area contributed by atoms with Crippen LogP contribution in [0.1, 0.15) is 22.8 Å². The summed E-state index contributed by atoms with van der Waals surface area (Å²) in [4.78, 5) is 15.1. The number of hydrogen-bond donors (Lipinski definition) is 3. The Balaban J connectivity index is 1.82. The largest absolute Gasteiger partial charge is 0.445 e. The highest BCUT2D eigenvalue weighted by Crippen LogP contribution is 2.21. The molecule has 1 aromatic heterocycles. The molecule has 0 radical (unpaired) electrons. The molecule has 0 aliphatic rings. The van der Waals surface area contributed by atoms with E-state index in [0.29, 0.717) is 0 Å². The zero-order valence-electron chi connectivity index (χ0n) is 13.1. The monoisotopic (exact) mass is 334 g/mol. The Labute approximate surface area is 138 Å². The molecule has 128 valence electrons. The van der Waals surface area contributed by atoms with Gasteiger partial charge in [0.1, 0.15) is 18.8 Å². The van der Waals surface area contributed by atoms with Gasteiger partial charge in [0.2, 0.25) is 5.95 Å². The fourth-order valence-electron chi connectivity index (χ4n) is 2.13. The Hall–Kier alpha value is -2.51. The standard InChI is InChI=1S/C17H19FN2O4/c1-11-13(7-8-19-16(11)18)15(22)14(21)9-20-17(23)24-10-12-5-3-2-4-6-12/h2-8,14-15,21-22H,9-10H2,1H3,(H,20,23). The fraction of sp³-hybridized carbons (Fsp3) is 0.294. The van der Waals surface area contributed by atoms with Crippen LogP contribution in [0.3, 0.4) is 0 Å². The minimum Gasteiger partial charge on any atom is -0.445 e. The summed E-state index contributed by atoms with van der Waals surface area (Å²) < 4.78 is 18.4. The average Bonchev–Trinajstić information content (AvgIpc) is 2.60. The molecule has 0 bridgehead atoms. The Kier molecular flexibility index (Phi) is 6.22. The number of halogens is 1. The van der Waals surface area contributed by atoms with Gasteiger partial charge in [-0.2, -0.15) is 4.39 Å². The van der Waals surface area contributed by atoms with E-state index in [0.717, 1.165) is 5.56 Å². The number of carbonyl (C=O) groups excluding carboxylic acids is 1. The number of benzene rings is 1. The number of ether oxygens (including phenoxy) is 1. The first kappa shape index (κ1) is 17.8. The van der Waals surface area contributed by atoms with E-state index in [1.807, 2.05) is 30.3 Å². The molecular weight excluding hydrogens is 315 g/mol. The second-order valence-corrected chi connectivity index (χ2v) is 5.27. The highest BCUT2D eigenvalue weighted by atomic mass is 19.1. The summed E-state index contributed by atoms with van der Waals surface area (Å²) in [6, 6.07) is 10.5. The molecule has 3 N–H and O–H groups in total. The van der Waals surface area contributed by atoms with E-state index < -0.39 is 24.2 Å². The second-order valence-electron chi connectivity index (χ2n) is 5.27. The third-order valence-corrected chi connectivity index (χ3v) is 3.54. The van der Waals surface area contributed by atoms with Crippen LogP contribution in [-0.4, -0.2) is 33.9 Å². The van der Waals surface area contributed by atoms with Gasteiger partial charge in [-0.1, -0.05) is 30.3 Å². The van der Waals surface area contributed by atoms with E-state index >= 15 is 0 Å². The molecule has 1 amide bonds. The summed E-state index contributed by atoms with van der Waals surface area (Å²) in [6.07, 6.45) is -2.18. The van der Waals surface area contributed by atoms with E-state index in [1.54, 1.807) is 0 Å². The van der Waals surface area contributed by atoms with Gasteiger partial charge in [0.15, 0.2) is 0 Å². The molecule has 2 unspecified atom stereocenters. The van der Waals surface area contributed by atoms with E-state index in [-0.39, 0.29) is 24.3 Å². The van der Waals surface area contributed by atoms with Crippen molar-refractivity contribution in [2.45, 2.75) is 25.7 Å². The van der Waals surface area contributed by atoms with Crippen LogP contribution in [-0.2, 0) is 11.3 Å². The van der Waals surface area contributed by atoms with Crippen molar-refractivity contribution in [2.24, 2.45) is 0 Å². The number of nitrogens with one attached hydrogen (secondary N) is 1. The number of nitrogens with zero attached hydrogens (tertiary/aromatic N) is 1. The SMILES string of the molecule is Cc1c(C(O)C(O)CNC(=O)OCc2ccccc2)ccnc1F. The number of amides is 1. The molecule has 6 nitrogen and oxygen atoms in total. The Bertz CT molecular complexity index is 682. The van der Waals surface area contributed by atoms with Crippen LogP contribution in [0, 0.1) is 12.9 Å². The first-order valence-corrected chi connectivity index (χ1v) is 7.40. The molecule has 7 heteroatoms. The molecule has 2 aromatic rings. The highest BCUT2D eigenvalue weighted by Gasteiger charge is 2.22. The van der Waals surface area contributed by atoms with E-state index in [4.69, 9.17) is 4.74 Å². The fourth-order valence-corrected chi connectivity index (χ4v) is 2.13. The zero-order chi connectivity index (χ0) is 17.5. The zero-order valence-corrected chi connectivity index (χ0v) is 13.1. The van der Waals surface area contributed by atoms with Gasteiger partial charge in [-0.3, -0.25) is 0 Å². The summed E-state index contributed by atoms with van der Waals surface area (Å²) >= 11 is 0. The average molecular weight is 334 g/mol. The lowest BCUT2D eigenvalue weighted by atomic mass is 10.0. The van der Waals surface area contributed by atoms with Gasteiger partial charge in [0, 0.05) is 18.3 Å². The predicted octanol–water partition coefficient (Wildman–Crippen LogP) is 1.85. The predicted molar refractivity (Wildman–Crippen MR) is 84.5 cm³/mol. The van der Waals surface area contributed by atoms with Crippen LogP contribution in [0.5, 0.6) is 0 Å². The molecule has 1 heterocycles. The number of pyridine rings is 1. The van der Waals surface area contributed by atoms with Crippen molar-refractivity contribution < 1.29 is 24.1 Å². The molecule has 1 aromatic carbocycles. The maximum atomic E-state index is 13.4. The third kappa shape index (κ3) is 4.74. The molecule has 24 heavy (non-hydrogen) atoms. The number of hydrogen-bond acceptors (Lipinski definition) is 5. The number of aliphatic hydroxyl groups excluding tert-OH is 2. The van der Waals surface area contributed by atoms with Crippen LogP contribution >= 0.6 is 0 Å². The van der Waals surface area contributed by atoms with Gasteiger partial charge in [-0.05, 0) is 24.1 Å². The third-order valence-electron chi connectivity index (χ3n) is 3.54. The lowest BCUT2D eigenvalue weighted by molar-refractivity contribution is 0.0178. The van der Waals surface area contributed by atoms with Crippen molar-refractivity contribution in [2.75, 3.05) is 6.54 Å². The first-order chi connectivity index (χ1) is 11.5. The summed E-state index contributed by atoms with van der Waals surface area (Å²) in [6.45, 7) is 1.31. The molecule has 0 spiro atoms. The van der Waals surface area contributed by atoms with Crippen LogP contribution in [0.25, 0.3) is 0 Å². The maximum absolute atomic E-state index is 13.4. The number of aliphatic hydroxyl groups is 2. The van der Waals surface area contributed by atoms with Crippen LogP contribution in [0.15, 0.2) is 42.6 Å². The van der Waals surface area contributed by atoms with Crippen LogP contribution < -0.4 is 5.32 Å². The van der Waals surface area contributed by atoms with E-state index in [2.05, 4.69) is 10.3 Å². The number of aromatic nitrogens is 1. The molecule has 0 saturated heterocycles. The van der Waals surface area contributed by atoms with Gasteiger partial charge >= 0.3 is 6.09 Å². The molecule has 2 rings (SSSR count). The highest BCUT2D eigenvalue weighted by molar-refractivity contribution is 5.67. The Morgan fingerprint density at radius 2 is 2.00 bits per heavy atom. The Morgan fingerprint density at radius 1 is 1.29 bits per heavy atom. The van der Waals surface area contributed by atoms with Crippen molar-refractivity contribution in [1.82, 2.24) is 10.3 Å². The van der Waals surface area contributed by atoms with E-state index in [1.165, 1.54) is 19.2 Å². The minimum absolute atomic E-state index is 0.0972. The van der Waals surface area contributed by atoms with Crippen molar-refractivity contribution in [3.8, 4) is 0 Å². The quantitative estimate of drug-likeness (QED) is 0.701. The van der Waals surface area contributed by atoms with Gasteiger partial charge in [-0.15, -0.1) is 0 Å². The molecule has 0 aliphatic heterocycles. The van der Waals surface area contributed by atoms with Gasteiger partial charge in [-0.25, -0.2) is 9.78 Å². The number of carbonyl (C=O) groups is 1. The van der Waals surface area contributed by atoms with Crippen molar-refractivity contribution >= 4 is 6.09 Å². The van der Waals surface area contributed by atoms with Gasteiger partial charge in [0.05, 0.1) is 0 Å². The number of rotatable bonds is 6. The van der Waals surface area contributed by atoms with E-state index in [9.17, 15) is 19.4 Å². The number of alkyl carbamates (subject to hydrolysis) is 1. The Morgan fingerprint density at radius 3 is 2.71 bits per heavy atom. The molecular formula is C17H19FN2O4. The van der Waals surface area contributed by atoms with Crippen molar-refractivity contribution in [3.63, 3.8) is 0 Å². The molecule has 0 fully saturated rings. The lowest BCUT2D eigenvalue weighted by Crippen LogP contribution is -2.36. The van der Waals surface area contributed by atoms with Crippen LogP contribution in [0.2, 0.25) is 0 Å². The maximum Gasteiger partial charge on any atom is 0.407 e. The van der Waals surface area contributed by atoms with Gasteiger partial charge in [0.25, 0.3) is 0 Å². The molecule has 2 atom stereocenters. The first-order valence-electron chi connectivity index (χ1n) is 7.40. The molecule has 0 aliphatic carbocycles. The lowest BCUT2D eigenvalue weighted by Gasteiger charge is -2.20. The summed E-state index contributed by atoms with van der Waals surface area (Å²) in [5.74, 6) is -0.714. The topological polar surface area (TPSA) is 91.7 Å². The molecule has 0 saturated carbocycles. The van der Waals surface area contributed by atoms with Crippen molar-refractivity contribution in [1.29, 1.82) is 0 Å². The second kappa shape index (κ2) is 8.37. The summed E-state index contributed by atoms with van der Waals surface area (Å²) in [5, 5.41) is 22.4. The van der Waals surface area contributed by atoms with Crippen LogP contribution in [0.4, 0.5) is 9.18 Å². The normalized spacial score (nSPS) is 13.2. The van der Waals surface area contributed by atoms with Gasteiger partial charge < -0.3 is 20.3 Å². The minimum atomic E-state index is -1.35. The summed E-state index contributed by atoms with van der Waals surface area (Å²) in [7, 11) is 0.